The van der Waals surface area contributed by atoms with Crippen molar-refractivity contribution in [2.24, 2.45) is 11.5 Å². The average molecular weight is 337 g/mol. The number of carbonyl (C=O) groups is 1. The lowest BCUT2D eigenvalue weighted by Gasteiger charge is -2.30. The van der Waals surface area contributed by atoms with Gasteiger partial charge in [-0.15, -0.1) is 0 Å². The molecule has 0 aliphatic carbocycles. The van der Waals surface area contributed by atoms with Crippen LogP contribution in [0.4, 0.5) is 5.69 Å². The zero-order chi connectivity index (χ0) is 18.0. The molecule has 0 saturated carbocycles. The third-order valence-corrected chi connectivity index (χ3v) is 4.13. The van der Waals surface area contributed by atoms with Gasteiger partial charge in [0.15, 0.2) is 0 Å². The van der Waals surface area contributed by atoms with Crippen LogP contribution in [0.2, 0.25) is 0 Å². The molecule has 1 unspecified atom stereocenters. The highest BCUT2D eigenvalue weighted by Gasteiger charge is 2.34. The number of fused-ring (bicyclic) bond motifs is 1. The highest BCUT2D eigenvalue weighted by molar-refractivity contribution is 6.05. The molecule has 25 heavy (non-hydrogen) atoms. The number of rotatable bonds is 5. The largest absolute Gasteiger partial charge is 0.399 e. The van der Waals surface area contributed by atoms with Crippen LogP contribution in [-0.2, 0) is 10.3 Å². The maximum absolute atomic E-state index is 11.7. The Labute approximate surface area is 144 Å². The first kappa shape index (κ1) is 16.8. The van der Waals surface area contributed by atoms with Gasteiger partial charge in [0, 0.05) is 18.2 Å². The minimum atomic E-state index is -1.07. The van der Waals surface area contributed by atoms with Crippen molar-refractivity contribution in [3.05, 3.63) is 65.6 Å². The summed E-state index contributed by atoms with van der Waals surface area (Å²) in [5.74, 6) is -0.562. The fraction of sp³-hybridized carbons (Fsp3) is 0.167. The van der Waals surface area contributed by atoms with E-state index in [2.05, 4.69) is 9.97 Å². The molecule has 2 aromatic carbocycles. The lowest BCUT2D eigenvalue weighted by molar-refractivity contribution is 0.100. The van der Waals surface area contributed by atoms with E-state index >= 15 is 0 Å². The van der Waals surface area contributed by atoms with Crippen LogP contribution in [0.3, 0.4) is 0 Å². The summed E-state index contributed by atoms with van der Waals surface area (Å²) in [4.78, 5) is 20.3. The molecule has 1 aromatic heterocycles. The number of anilines is 1. The predicted molar refractivity (Wildman–Crippen MR) is 95.8 cm³/mol. The van der Waals surface area contributed by atoms with E-state index in [4.69, 9.17) is 21.9 Å². The van der Waals surface area contributed by atoms with E-state index in [0.717, 1.165) is 5.56 Å². The first-order valence-corrected chi connectivity index (χ1v) is 7.65. The molecule has 1 atom stereocenters. The number of para-hydroxylation sites is 1. The number of nitrogen functional groups attached to an aromatic ring is 1. The number of benzene rings is 2. The van der Waals surface area contributed by atoms with Gasteiger partial charge < -0.3 is 21.9 Å². The summed E-state index contributed by atoms with van der Waals surface area (Å²) < 4.78 is 5.36. The molecule has 128 valence electrons. The second-order valence-corrected chi connectivity index (χ2v) is 5.82. The van der Waals surface area contributed by atoms with Gasteiger partial charge in [-0.3, -0.25) is 4.79 Å². The Morgan fingerprint density at radius 1 is 1.20 bits per heavy atom. The molecule has 3 aromatic rings. The molecular formula is C18H19N5O2. The average Bonchev–Trinajstić information content (AvgIpc) is 2.60. The van der Waals surface area contributed by atoms with Gasteiger partial charge in [-0.05, 0) is 23.8 Å². The van der Waals surface area contributed by atoms with Crippen molar-refractivity contribution < 1.29 is 9.53 Å². The first-order chi connectivity index (χ1) is 12.0. The number of aromatic nitrogens is 2. The van der Waals surface area contributed by atoms with Gasteiger partial charge in [-0.25, -0.2) is 9.97 Å². The first-order valence-electron chi connectivity index (χ1n) is 7.65. The number of primary amides is 1. The third kappa shape index (κ3) is 2.90. The normalized spacial score (nSPS) is 13.5. The highest BCUT2D eigenvalue weighted by Crippen LogP contribution is 2.32. The molecule has 7 heteroatoms. The third-order valence-electron chi connectivity index (χ3n) is 4.13. The Balaban J connectivity index is 2.31. The summed E-state index contributed by atoms with van der Waals surface area (Å²) in [7, 11) is 1.56. The molecule has 0 bridgehead atoms. The molecule has 0 radical (unpaired) electrons. The highest BCUT2D eigenvalue weighted by atomic mass is 16.5. The maximum atomic E-state index is 11.7. The number of hydrogen-bond acceptors (Lipinski definition) is 6. The van der Waals surface area contributed by atoms with Crippen LogP contribution in [0.5, 0.6) is 0 Å². The number of hydrogen-bond donors (Lipinski definition) is 3. The van der Waals surface area contributed by atoms with Crippen molar-refractivity contribution >= 4 is 22.5 Å². The van der Waals surface area contributed by atoms with Crippen LogP contribution >= 0.6 is 0 Å². The Kier molecular flexibility index (Phi) is 4.35. The van der Waals surface area contributed by atoms with Gasteiger partial charge in [0.05, 0.1) is 23.4 Å². The smallest absolute Gasteiger partial charge is 0.250 e. The van der Waals surface area contributed by atoms with Crippen molar-refractivity contribution in [3.63, 3.8) is 0 Å². The van der Waals surface area contributed by atoms with Gasteiger partial charge in [0.1, 0.15) is 11.9 Å². The van der Waals surface area contributed by atoms with E-state index < -0.39 is 11.4 Å². The molecule has 3 rings (SSSR count). The summed E-state index contributed by atoms with van der Waals surface area (Å²) in [6.45, 7) is 0.170. The molecule has 0 saturated heterocycles. The second-order valence-electron chi connectivity index (χ2n) is 5.82. The van der Waals surface area contributed by atoms with Crippen LogP contribution in [-0.4, -0.2) is 29.6 Å². The Bertz CT molecular complexity index is 944. The number of amides is 1. The van der Waals surface area contributed by atoms with E-state index in [-0.39, 0.29) is 6.61 Å². The van der Waals surface area contributed by atoms with E-state index in [9.17, 15) is 4.79 Å². The van der Waals surface area contributed by atoms with Gasteiger partial charge in [-0.1, -0.05) is 24.3 Å². The van der Waals surface area contributed by atoms with E-state index in [1.807, 2.05) is 12.1 Å². The topological polar surface area (TPSA) is 130 Å². The number of carbonyl (C=O) groups excluding carboxylic acids is 1. The van der Waals surface area contributed by atoms with Crippen LogP contribution in [0, 0.1) is 0 Å². The zero-order valence-electron chi connectivity index (χ0n) is 13.8. The van der Waals surface area contributed by atoms with Gasteiger partial charge in [-0.2, -0.15) is 0 Å². The van der Waals surface area contributed by atoms with Crippen molar-refractivity contribution in [1.82, 2.24) is 9.97 Å². The number of methoxy groups -OCH3 is 1. The monoisotopic (exact) mass is 337 g/mol. The molecule has 0 aliphatic rings. The van der Waals surface area contributed by atoms with Gasteiger partial charge >= 0.3 is 0 Å². The Morgan fingerprint density at radius 3 is 2.64 bits per heavy atom. The lowest BCUT2D eigenvalue weighted by atomic mass is 9.85. The van der Waals surface area contributed by atoms with Crippen LogP contribution in [0.15, 0.2) is 48.8 Å². The number of ether oxygens (including phenoxy) is 1. The Morgan fingerprint density at radius 2 is 1.96 bits per heavy atom. The van der Waals surface area contributed by atoms with E-state index in [0.29, 0.717) is 27.8 Å². The fourth-order valence-corrected chi connectivity index (χ4v) is 2.97. The van der Waals surface area contributed by atoms with Crippen LogP contribution in [0.1, 0.15) is 21.6 Å². The van der Waals surface area contributed by atoms with Gasteiger partial charge in [0.25, 0.3) is 5.91 Å². The van der Waals surface area contributed by atoms with Crippen LogP contribution in [0.25, 0.3) is 10.9 Å². The summed E-state index contributed by atoms with van der Waals surface area (Å²) in [6.07, 6.45) is 1.37. The quantitative estimate of drug-likeness (QED) is 0.599. The van der Waals surface area contributed by atoms with Crippen molar-refractivity contribution in [3.8, 4) is 0 Å². The number of nitrogens with zero attached hydrogens (tertiary/aromatic N) is 2. The SMILES string of the molecule is COCC(N)(c1cccc(N)c1)c1ncnc2c(C(N)=O)cccc12. The summed E-state index contributed by atoms with van der Waals surface area (Å²) >= 11 is 0. The van der Waals surface area contributed by atoms with Crippen molar-refractivity contribution in [1.29, 1.82) is 0 Å². The molecule has 0 spiro atoms. The van der Waals surface area contributed by atoms with Crippen LogP contribution < -0.4 is 17.2 Å². The molecule has 1 heterocycles. The van der Waals surface area contributed by atoms with E-state index in [1.165, 1.54) is 6.33 Å². The summed E-state index contributed by atoms with van der Waals surface area (Å²) in [6, 6.07) is 12.4. The van der Waals surface area contributed by atoms with Crippen molar-refractivity contribution in [2.75, 3.05) is 19.5 Å². The molecule has 6 N–H and O–H groups in total. The second kappa shape index (κ2) is 6.46. The molecule has 7 nitrogen and oxygen atoms in total. The lowest BCUT2D eigenvalue weighted by Crippen LogP contribution is -2.43. The minimum absolute atomic E-state index is 0.170. The molecule has 0 fully saturated rings. The molecule has 0 aliphatic heterocycles. The predicted octanol–water partition coefficient (Wildman–Crippen LogP) is 1.16. The number of nitrogens with two attached hydrogens (primary N) is 3. The molecule has 1 amide bonds. The molecular weight excluding hydrogens is 318 g/mol. The fourth-order valence-electron chi connectivity index (χ4n) is 2.97. The van der Waals surface area contributed by atoms with E-state index in [1.54, 1.807) is 37.4 Å². The zero-order valence-corrected chi connectivity index (χ0v) is 13.8. The minimum Gasteiger partial charge on any atom is -0.399 e. The Hall–Kier alpha value is -3.03. The maximum Gasteiger partial charge on any atom is 0.250 e. The summed E-state index contributed by atoms with van der Waals surface area (Å²) in [5.41, 5.74) is 19.7. The van der Waals surface area contributed by atoms with Crippen molar-refractivity contribution in [2.45, 2.75) is 5.54 Å². The summed E-state index contributed by atoms with van der Waals surface area (Å²) in [5, 5.41) is 0.640. The standard InChI is InChI=1S/C18H19N5O2/c1-25-9-18(21,11-4-2-5-12(19)8-11)16-13-6-3-7-14(17(20)24)15(13)22-10-23-16/h2-8,10H,9,19,21H2,1H3,(H2,20,24). The van der Waals surface area contributed by atoms with Gasteiger partial charge in [0.2, 0.25) is 0 Å².